The van der Waals surface area contributed by atoms with Crippen molar-refractivity contribution >= 4 is 22.8 Å². The highest BCUT2D eigenvalue weighted by atomic mass is 16.4. The van der Waals surface area contributed by atoms with Gasteiger partial charge in [-0.2, -0.15) is 0 Å². The van der Waals surface area contributed by atoms with E-state index in [1.54, 1.807) is 12.1 Å². The van der Waals surface area contributed by atoms with Crippen LogP contribution in [0.15, 0.2) is 78.9 Å². The molecule has 5 rings (SSSR count). The van der Waals surface area contributed by atoms with Gasteiger partial charge in [0.2, 0.25) is 0 Å². The average Bonchev–Trinajstić information content (AvgIpc) is 3.24. The molecule has 0 bridgehead atoms. The third-order valence-electron chi connectivity index (χ3n) is 5.44. The van der Waals surface area contributed by atoms with Crippen LogP contribution in [0.4, 0.5) is 0 Å². The van der Waals surface area contributed by atoms with Crippen molar-refractivity contribution in [1.29, 1.82) is 0 Å². The topological polar surface area (TPSA) is 76.2 Å². The fourth-order valence-electron chi connectivity index (χ4n) is 4.26. The van der Waals surface area contributed by atoms with Crippen LogP contribution < -0.4 is 5.11 Å². The van der Waals surface area contributed by atoms with Crippen LogP contribution in [-0.2, 0) is 4.79 Å². The van der Waals surface area contributed by atoms with Crippen LogP contribution in [0.2, 0.25) is 0 Å². The van der Waals surface area contributed by atoms with E-state index in [0.717, 1.165) is 33.3 Å². The number of carboxylic acid groups (broad SMARTS) is 1. The number of aromatic amines is 1. The maximum atomic E-state index is 13.0. The lowest BCUT2D eigenvalue weighted by atomic mass is 9.93. The first-order valence-electron chi connectivity index (χ1n) is 9.41. The summed E-state index contributed by atoms with van der Waals surface area (Å²) in [6, 6.07) is 24.5. The molecule has 4 aromatic rings. The van der Waals surface area contributed by atoms with Gasteiger partial charge in [-0.05, 0) is 23.3 Å². The number of aliphatic carboxylic acids is 1. The summed E-state index contributed by atoms with van der Waals surface area (Å²) >= 11 is 0. The highest BCUT2D eigenvalue weighted by Gasteiger charge is 2.39. The number of rotatable bonds is 4. The lowest BCUT2D eigenvalue weighted by Crippen LogP contribution is -2.40. The number of benzene rings is 3. The minimum atomic E-state index is -1.28. The Balaban J connectivity index is 1.82. The summed E-state index contributed by atoms with van der Waals surface area (Å²) in [5, 5.41) is 12.4. The molecule has 5 heteroatoms. The first kappa shape index (κ1) is 17.3. The van der Waals surface area contributed by atoms with E-state index in [0.29, 0.717) is 5.56 Å². The van der Waals surface area contributed by atoms with Gasteiger partial charge < -0.3 is 19.8 Å². The van der Waals surface area contributed by atoms with E-state index in [1.807, 2.05) is 66.7 Å². The van der Waals surface area contributed by atoms with Gasteiger partial charge in [-0.15, -0.1) is 0 Å². The second-order valence-corrected chi connectivity index (χ2v) is 7.12. The molecule has 1 atom stereocenters. The summed E-state index contributed by atoms with van der Waals surface area (Å²) in [5.41, 5.74) is 5.02. The number of hydrogen-bond acceptors (Lipinski definition) is 3. The van der Waals surface area contributed by atoms with Gasteiger partial charge in [0.1, 0.15) is 0 Å². The zero-order chi connectivity index (χ0) is 20.0. The van der Waals surface area contributed by atoms with Crippen LogP contribution in [0.25, 0.3) is 22.2 Å². The van der Waals surface area contributed by atoms with Crippen molar-refractivity contribution in [3.63, 3.8) is 0 Å². The predicted octanol–water partition coefficient (Wildman–Crippen LogP) is 3.13. The Hall–Kier alpha value is -3.86. The summed E-state index contributed by atoms with van der Waals surface area (Å²) in [7, 11) is 0. The molecule has 1 N–H and O–H groups in total. The number of H-pyrrole nitrogens is 1. The number of para-hydroxylation sites is 1. The lowest BCUT2D eigenvalue weighted by Gasteiger charge is -2.27. The van der Waals surface area contributed by atoms with Crippen molar-refractivity contribution in [2.75, 3.05) is 6.54 Å². The molecule has 0 aliphatic carbocycles. The fourth-order valence-corrected chi connectivity index (χ4v) is 4.26. The summed E-state index contributed by atoms with van der Waals surface area (Å²) in [4.78, 5) is 29.4. The number of carboxylic acids is 1. The molecule has 1 amide bonds. The summed E-state index contributed by atoms with van der Waals surface area (Å²) in [5.74, 6) is -1.57. The third-order valence-corrected chi connectivity index (χ3v) is 5.44. The second-order valence-electron chi connectivity index (χ2n) is 7.12. The molecule has 0 unspecified atom stereocenters. The molecule has 1 aliphatic rings. The van der Waals surface area contributed by atoms with Crippen molar-refractivity contribution in [3.05, 3.63) is 95.6 Å². The Morgan fingerprint density at radius 2 is 1.62 bits per heavy atom. The molecule has 0 fully saturated rings. The van der Waals surface area contributed by atoms with E-state index in [1.165, 1.54) is 4.90 Å². The zero-order valence-electron chi connectivity index (χ0n) is 15.5. The molecule has 1 aromatic heterocycles. The number of aromatic nitrogens is 1. The average molecular weight is 381 g/mol. The molecular weight excluding hydrogens is 364 g/mol. The van der Waals surface area contributed by atoms with Crippen LogP contribution in [0.5, 0.6) is 0 Å². The smallest absolute Gasteiger partial charge is 0.255 e. The molecule has 0 radical (unpaired) electrons. The minimum Gasteiger partial charge on any atom is -0.548 e. The number of hydrogen-bond donors (Lipinski definition) is 1. The van der Waals surface area contributed by atoms with Gasteiger partial charge in [0.05, 0.1) is 24.2 Å². The molecule has 2 heterocycles. The Morgan fingerprint density at radius 1 is 0.931 bits per heavy atom. The molecule has 0 spiro atoms. The van der Waals surface area contributed by atoms with Crippen molar-refractivity contribution < 1.29 is 14.7 Å². The van der Waals surface area contributed by atoms with E-state index >= 15 is 0 Å². The van der Waals surface area contributed by atoms with Crippen molar-refractivity contribution in [3.8, 4) is 11.3 Å². The van der Waals surface area contributed by atoms with Crippen LogP contribution >= 0.6 is 0 Å². The van der Waals surface area contributed by atoms with Gasteiger partial charge in [-0.3, -0.25) is 4.79 Å². The maximum absolute atomic E-state index is 13.0. The van der Waals surface area contributed by atoms with Crippen molar-refractivity contribution in [1.82, 2.24) is 9.88 Å². The molecule has 5 nitrogen and oxygen atoms in total. The maximum Gasteiger partial charge on any atom is 0.255 e. The number of nitrogens with one attached hydrogen (secondary N) is 1. The highest BCUT2D eigenvalue weighted by molar-refractivity contribution is 6.03. The van der Waals surface area contributed by atoms with Gasteiger partial charge in [-0.1, -0.05) is 66.7 Å². The first-order chi connectivity index (χ1) is 14.1. The van der Waals surface area contributed by atoms with E-state index in [4.69, 9.17) is 0 Å². The molecular formula is C24H17N2O3-. The number of amides is 1. The fraction of sp³-hybridized carbons (Fsp3) is 0.0833. The third kappa shape index (κ3) is 2.70. The SMILES string of the molecule is O=C([O-])CN1C(=O)c2ccccc2[C@@H]1c1c(-c2ccccc2)[nH]c2ccccc12. The Bertz CT molecular complexity index is 1240. The van der Waals surface area contributed by atoms with Crippen LogP contribution in [0.1, 0.15) is 27.5 Å². The van der Waals surface area contributed by atoms with Gasteiger partial charge in [0.15, 0.2) is 0 Å². The Morgan fingerprint density at radius 3 is 2.41 bits per heavy atom. The highest BCUT2D eigenvalue weighted by Crippen LogP contribution is 2.45. The standard InChI is InChI=1S/C24H18N2O3/c27-20(28)14-26-23(16-10-4-5-11-17(16)24(26)29)21-18-12-6-7-13-19(18)25-22(21)15-8-2-1-3-9-15/h1-13,23,25H,14H2,(H,27,28)/p-1/t23-/m1/s1. The van der Waals surface area contributed by atoms with Gasteiger partial charge in [0, 0.05) is 22.0 Å². The van der Waals surface area contributed by atoms with E-state index in [2.05, 4.69) is 4.98 Å². The monoisotopic (exact) mass is 381 g/mol. The van der Waals surface area contributed by atoms with E-state index in [9.17, 15) is 14.7 Å². The molecule has 29 heavy (non-hydrogen) atoms. The van der Waals surface area contributed by atoms with Gasteiger partial charge >= 0.3 is 0 Å². The number of nitrogens with zero attached hydrogens (tertiary/aromatic N) is 1. The second kappa shape index (κ2) is 6.63. The minimum absolute atomic E-state index is 0.293. The lowest BCUT2D eigenvalue weighted by molar-refractivity contribution is -0.305. The number of carbonyl (C=O) groups is 2. The molecule has 0 saturated carbocycles. The summed E-state index contributed by atoms with van der Waals surface area (Å²) in [6.45, 7) is -0.466. The molecule has 1 aliphatic heterocycles. The zero-order valence-corrected chi connectivity index (χ0v) is 15.5. The van der Waals surface area contributed by atoms with Crippen molar-refractivity contribution in [2.24, 2.45) is 0 Å². The van der Waals surface area contributed by atoms with Crippen LogP contribution in [0.3, 0.4) is 0 Å². The van der Waals surface area contributed by atoms with Gasteiger partial charge in [-0.25, -0.2) is 0 Å². The quantitative estimate of drug-likeness (QED) is 0.590. The number of carbonyl (C=O) groups excluding carboxylic acids is 2. The van der Waals surface area contributed by atoms with Crippen molar-refractivity contribution in [2.45, 2.75) is 6.04 Å². The normalized spacial score (nSPS) is 15.7. The summed E-state index contributed by atoms with van der Waals surface area (Å²) < 4.78 is 0. The van der Waals surface area contributed by atoms with Gasteiger partial charge in [0.25, 0.3) is 5.91 Å². The molecule has 3 aromatic carbocycles. The molecule has 142 valence electrons. The molecule has 0 saturated heterocycles. The number of fused-ring (bicyclic) bond motifs is 2. The first-order valence-corrected chi connectivity index (χ1v) is 9.41. The Labute approximate surface area is 167 Å². The van der Waals surface area contributed by atoms with E-state index < -0.39 is 18.6 Å². The summed E-state index contributed by atoms with van der Waals surface area (Å²) in [6.07, 6.45) is 0. The van der Waals surface area contributed by atoms with E-state index in [-0.39, 0.29) is 5.91 Å². The van der Waals surface area contributed by atoms with Crippen LogP contribution in [0, 0.1) is 0 Å². The Kier molecular flexibility index (Phi) is 3.95. The van der Waals surface area contributed by atoms with Crippen LogP contribution in [-0.4, -0.2) is 28.3 Å². The predicted molar refractivity (Wildman–Crippen MR) is 108 cm³/mol. The largest absolute Gasteiger partial charge is 0.548 e.